The molecule has 2 aromatic rings. The molecular weight excluding hydrogens is 291 g/mol. The molecule has 2 aliphatic rings. The Hall–Kier alpha value is -1.78. The molecule has 23 heavy (non-hydrogen) atoms. The lowest BCUT2D eigenvalue weighted by molar-refractivity contribution is -0.0146. The first kappa shape index (κ1) is 14.8. The standard InChI is InChI=1S/C19H21FN2O/c20-18-6-2-1-5-16(18)11-22-12-19(13-22)9-17(23-14-19)8-15-4-3-7-21-10-15/h1-7,10,17H,8-9,11-14H2. The van der Waals surface area contributed by atoms with Crippen LogP contribution in [0.25, 0.3) is 0 Å². The lowest BCUT2D eigenvalue weighted by Crippen LogP contribution is -2.56. The van der Waals surface area contributed by atoms with Gasteiger partial charge < -0.3 is 4.74 Å². The van der Waals surface area contributed by atoms with Crippen molar-refractivity contribution in [1.29, 1.82) is 0 Å². The number of nitrogens with zero attached hydrogens (tertiary/aromatic N) is 2. The Bertz CT molecular complexity index is 670. The van der Waals surface area contributed by atoms with Gasteiger partial charge in [-0.1, -0.05) is 24.3 Å². The molecule has 0 amide bonds. The summed E-state index contributed by atoms with van der Waals surface area (Å²) >= 11 is 0. The number of ether oxygens (including phenoxy) is 1. The van der Waals surface area contributed by atoms with E-state index in [1.165, 1.54) is 11.6 Å². The molecule has 0 saturated carbocycles. The fourth-order valence-corrected chi connectivity index (χ4v) is 3.91. The van der Waals surface area contributed by atoms with Crippen molar-refractivity contribution in [2.24, 2.45) is 5.41 Å². The monoisotopic (exact) mass is 312 g/mol. The van der Waals surface area contributed by atoms with Gasteiger partial charge in [0.1, 0.15) is 5.82 Å². The maximum atomic E-state index is 13.7. The SMILES string of the molecule is Fc1ccccc1CN1CC2(COC(Cc3cccnc3)C2)C1. The molecule has 1 aromatic heterocycles. The zero-order chi connectivity index (χ0) is 15.7. The summed E-state index contributed by atoms with van der Waals surface area (Å²) in [5.41, 5.74) is 2.29. The summed E-state index contributed by atoms with van der Waals surface area (Å²) in [5.74, 6) is -0.106. The molecule has 120 valence electrons. The lowest BCUT2D eigenvalue weighted by Gasteiger charge is -2.47. The maximum Gasteiger partial charge on any atom is 0.127 e. The molecule has 2 fully saturated rings. The second-order valence-electron chi connectivity index (χ2n) is 6.94. The fraction of sp³-hybridized carbons (Fsp3) is 0.421. The quantitative estimate of drug-likeness (QED) is 0.867. The highest BCUT2D eigenvalue weighted by molar-refractivity contribution is 5.18. The summed E-state index contributed by atoms with van der Waals surface area (Å²) < 4.78 is 19.7. The maximum absolute atomic E-state index is 13.7. The van der Waals surface area contributed by atoms with E-state index in [0.29, 0.717) is 6.54 Å². The summed E-state index contributed by atoms with van der Waals surface area (Å²) in [6.07, 6.45) is 6.03. The van der Waals surface area contributed by atoms with Crippen molar-refractivity contribution >= 4 is 0 Å². The van der Waals surface area contributed by atoms with Crippen LogP contribution in [0.2, 0.25) is 0 Å². The van der Waals surface area contributed by atoms with E-state index in [-0.39, 0.29) is 17.3 Å². The summed E-state index contributed by atoms with van der Waals surface area (Å²) in [6.45, 7) is 3.53. The third-order valence-electron chi connectivity index (χ3n) is 4.94. The molecule has 1 aromatic carbocycles. The number of hydrogen-bond donors (Lipinski definition) is 0. The van der Waals surface area contributed by atoms with Gasteiger partial charge in [0.2, 0.25) is 0 Å². The Kier molecular flexibility index (Phi) is 3.87. The molecule has 3 heterocycles. The largest absolute Gasteiger partial charge is 0.377 e. The number of rotatable bonds is 4. The van der Waals surface area contributed by atoms with Crippen LogP contribution in [0.4, 0.5) is 4.39 Å². The smallest absolute Gasteiger partial charge is 0.127 e. The van der Waals surface area contributed by atoms with Gasteiger partial charge in [0.25, 0.3) is 0 Å². The van der Waals surface area contributed by atoms with E-state index < -0.39 is 0 Å². The molecule has 4 rings (SSSR count). The van der Waals surface area contributed by atoms with Gasteiger partial charge in [-0.15, -0.1) is 0 Å². The molecule has 1 atom stereocenters. The van der Waals surface area contributed by atoms with Crippen LogP contribution in [0, 0.1) is 11.2 Å². The average Bonchev–Trinajstić information content (AvgIpc) is 2.94. The van der Waals surface area contributed by atoms with Crippen LogP contribution in [-0.2, 0) is 17.7 Å². The topological polar surface area (TPSA) is 25.4 Å². The fourth-order valence-electron chi connectivity index (χ4n) is 3.91. The van der Waals surface area contributed by atoms with E-state index in [4.69, 9.17) is 4.74 Å². The Balaban J connectivity index is 1.30. The normalized spacial score (nSPS) is 23.1. The van der Waals surface area contributed by atoms with Crippen molar-refractivity contribution < 1.29 is 9.13 Å². The van der Waals surface area contributed by atoms with E-state index in [9.17, 15) is 4.39 Å². The number of likely N-dealkylation sites (tertiary alicyclic amines) is 1. The van der Waals surface area contributed by atoms with Gasteiger partial charge >= 0.3 is 0 Å². The zero-order valence-corrected chi connectivity index (χ0v) is 13.1. The Morgan fingerprint density at radius 2 is 2.09 bits per heavy atom. The first-order chi connectivity index (χ1) is 11.2. The molecule has 0 bridgehead atoms. The summed E-state index contributed by atoms with van der Waals surface area (Å²) in [4.78, 5) is 6.48. The molecule has 3 nitrogen and oxygen atoms in total. The minimum atomic E-state index is -0.106. The van der Waals surface area contributed by atoms with Gasteiger partial charge in [0, 0.05) is 49.4 Å². The minimum Gasteiger partial charge on any atom is -0.377 e. The molecule has 1 spiro atoms. The van der Waals surface area contributed by atoms with E-state index in [1.807, 2.05) is 24.4 Å². The Labute approximate surface area is 136 Å². The van der Waals surface area contributed by atoms with Crippen LogP contribution in [0.15, 0.2) is 48.8 Å². The summed E-state index contributed by atoms with van der Waals surface area (Å²) in [7, 11) is 0. The highest BCUT2D eigenvalue weighted by Crippen LogP contribution is 2.42. The van der Waals surface area contributed by atoms with Crippen molar-refractivity contribution in [2.45, 2.75) is 25.5 Å². The number of halogens is 1. The molecule has 2 saturated heterocycles. The molecule has 0 N–H and O–H groups in total. The first-order valence-corrected chi connectivity index (χ1v) is 8.19. The highest BCUT2D eigenvalue weighted by Gasteiger charge is 2.48. The highest BCUT2D eigenvalue weighted by atomic mass is 19.1. The predicted octanol–water partition coefficient (Wildman–Crippen LogP) is 3.05. The average molecular weight is 312 g/mol. The van der Waals surface area contributed by atoms with E-state index in [1.54, 1.807) is 12.3 Å². The van der Waals surface area contributed by atoms with Crippen LogP contribution in [0.5, 0.6) is 0 Å². The molecule has 0 aliphatic carbocycles. The van der Waals surface area contributed by atoms with Gasteiger partial charge in [0.15, 0.2) is 0 Å². The number of aromatic nitrogens is 1. The van der Waals surface area contributed by atoms with Crippen molar-refractivity contribution in [3.8, 4) is 0 Å². The van der Waals surface area contributed by atoms with Crippen molar-refractivity contribution in [3.05, 3.63) is 65.7 Å². The van der Waals surface area contributed by atoms with E-state index >= 15 is 0 Å². The van der Waals surface area contributed by atoms with Crippen molar-refractivity contribution in [1.82, 2.24) is 9.88 Å². The third kappa shape index (κ3) is 3.14. The molecule has 1 unspecified atom stereocenters. The minimum absolute atomic E-state index is 0.106. The lowest BCUT2D eigenvalue weighted by atomic mass is 9.77. The van der Waals surface area contributed by atoms with E-state index in [2.05, 4.69) is 16.0 Å². The van der Waals surface area contributed by atoms with Crippen LogP contribution >= 0.6 is 0 Å². The number of pyridine rings is 1. The second kappa shape index (κ2) is 6.02. The number of benzene rings is 1. The van der Waals surface area contributed by atoms with Crippen molar-refractivity contribution in [3.63, 3.8) is 0 Å². The second-order valence-corrected chi connectivity index (χ2v) is 6.94. The molecule has 4 heteroatoms. The summed E-state index contributed by atoms with van der Waals surface area (Å²) in [5, 5.41) is 0. The van der Waals surface area contributed by atoms with Crippen LogP contribution < -0.4 is 0 Å². The van der Waals surface area contributed by atoms with Gasteiger partial charge in [-0.25, -0.2) is 4.39 Å². The van der Waals surface area contributed by atoms with Crippen molar-refractivity contribution in [2.75, 3.05) is 19.7 Å². The molecule has 2 aliphatic heterocycles. The van der Waals surface area contributed by atoms with E-state index in [0.717, 1.165) is 38.1 Å². The Morgan fingerprint density at radius 1 is 1.22 bits per heavy atom. The summed E-state index contributed by atoms with van der Waals surface area (Å²) in [6, 6.07) is 11.1. The third-order valence-corrected chi connectivity index (χ3v) is 4.94. The van der Waals surface area contributed by atoms with Gasteiger partial charge in [-0.3, -0.25) is 9.88 Å². The van der Waals surface area contributed by atoms with Crippen LogP contribution in [0.3, 0.4) is 0 Å². The van der Waals surface area contributed by atoms with Gasteiger partial charge in [0.05, 0.1) is 12.7 Å². The van der Waals surface area contributed by atoms with Crippen LogP contribution in [-0.4, -0.2) is 35.7 Å². The van der Waals surface area contributed by atoms with Gasteiger partial charge in [-0.2, -0.15) is 0 Å². The van der Waals surface area contributed by atoms with Gasteiger partial charge in [-0.05, 0) is 24.1 Å². The molecule has 0 radical (unpaired) electrons. The Morgan fingerprint density at radius 3 is 2.87 bits per heavy atom. The molecular formula is C19H21FN2O. The first-order valence-electron chi connectivity index (χ1n) is 8.19. The predicted molar refractivity (Wildman–Crippen MR) is 86.4 cm³/mol. The number of hydrogen-bond acceptors (Lipinski definition) is 3. The van der Waals surface area contributed by atoms with Crippen LogP contribution in [0.1, 0.15) is 17.5 Å². The zero-order valence-electron chi connectivity index (χ0n) is 13.1.